The third-order valence-corrected chi connectivity index (χ3v) is 7.65. The van der Waals surface area contributed by atoms with Crippen molar-refractivity contribution in [3.8, 4) is 5.75 Å². The standard InChI is InChI=1S/C24H30N3O8PS/c1-14(2)33-23(29)16(4)13-36(31,35-17-9-7-6-8-10-17)32-12-18-20(28)19(25-5)22(34-18)27-11-15(3)21(37)26-24(27)30/h6-11,14,16,18-20,22,28H,12-13H2,1-4H3,(H,26,30,37)/t16-,18+,19-,20?,22+,36?/m1/s1/i12D2. The summed E-state index contributed by atoms with van der Waals surface area (Å²) < 4.78 is 54.1. The predicted octanol–water partition coefficient (Wildman–Crippen LogP) is 3.64. The van der Waals surface area contributed by atoms with E-state index in [1.807, 2.05) is 0 Å². The number of nitrogens with zero attached hydrogens (tertiary/aromatic N) is 2. The van der Waals surface area contributed by atoms with Gasteiger partial charge in [0.05, 0.1) is 27.5 Å². The highest BCUT2D eigenvalue weighted by atomic mass is 32.1. The molecule has 13 heteroatoms. The molecule has 1 aliphatic heterocycles. The summed E-state index contributed by atoms with van der Waals surface area (Å²) in [6, 6.07) is 6.43. The van der Waals surface area contributed by atoms with E-state index in [0.29, 0.717) is 5.56 Å². The van der Waals surface area contributed by atoms with Crippen molar-refractivity contribution in [1.29, 1.82) is 0 Å². The van der Waals surface area contributed by atoms with E-state index in [2.05, 4.69) is 9.83 Å². The smallest absolute Gasteiger partial charge is 0.380 e. The molecule has 2 heterocycles. The Kier molecular flexibility index (Phi) is 8.48. The molecule has 0 saturated carbocycles. The zero-order valence-electron chi connectivity index (χ0n) is 22.7. The molecule has 11 nitrogen and oxygen atoms in total. The quantitative estimate of drug-likeness (QED) is 0.196. The number of aliphatic hydroxyl groups is 1. The number of carbonyl (C=O) groups excluding carboxylic acids is 1. The normalized spacial score (nSPS) is 24.9. The third-order valence-electron chi connectivity index (χ3n) is 5.35. The number of rotatable bonds is 10. The number of benzene rings is 1. The van der Waals surface area contributed by atoms with Crippen molar-refractivity contribution >= 4 is 25.8 Å². The van der Waals surface area contributed by atoms with Crippen LogP contribution in [-0.4, -0.2) is 57.7 Å². The van der Waals surface area contributed by atoms with Crippen molar-refractivity contribution in [3.05, 3.63) is 68.6 Å². The number of esters is 1. The van der Waals surface area contributed by atoms with Crippen LogP contribution < -0.4 is 10.2 Å². The van der Waals surface area contributed by atoms with Crippen LogP contribution in [0.4, 0.5) is 0 Å². The van der Waals surface area contributed by atoms with Gasteiger partial charge in [0.2, 0.25) is 6.23 Å². The maximum Gasteiger partial charge on any atom is 0.380 e. The number of nitrogens with one attached hydrogen (secondary N) is 1. The summed E-state index contributed by atoms with van der Waals surface area (Å²) in [6.45, 7) is 10.9. The summed E-state index contributed by atoms with van der Waals surface area (Å²) in [5, 5.41) is 10.9. The van der Waals surface area contributed by atoms with Crippen molar-refractivity contribution in [2.75, 3.05) is 12.7 Å². The van der Waals surface area contributed by atoms with Crippen molar-refractivity contribution in [3.63, 3.8) is 0 Å². The SMILES string of the molecule is [2H]C([2H])(OP(=O)(C[C@@H](C)C(=O)OC(C)C)Oc1ccccc1)[C@@H]1O[C@H](n2cc(C)c(=S)[nH]c2=O)[C@H]([N+]#[C-])C1O. The third kappa shape index (κ3) is 7.15. The molecular weight excluding hydrogens is 521 g/mol. The second kappa shape index (κ2) is 12.2. The Hall–Kier alpha value is -2.81. The van der Waals surface area contributed by atoms with Crippen LogP contribution in [0.2, 0.25) is 0 Å². The van der Waals surface area contributed by atoms with Crippen LogP contribution in [0.3, 0.4) is 0 Å². The predicted molar refractivity (Wildman–Crippen MR) is 137 cm³/mol. The lowest BCUT2D eigenvalue weighted by molar-refractivity contribution is -0.151. The number of aromatic amines is 1. The molecule has 2 N–H and O–H groups in total. The Balaban J connectivity index is 1.94. The number of hydrogen-bond acceptors (Lipinski definition) is 9. The number of aromatic nitrogens is 2. The second-order valence-corrected chi connectivity index (χ2v) is 11.2. The molecule has 37 heavy (non-hydrogen) atoms. The van der Waals surface area contributed by atoms with E-state index in [-0.39, 0.29) is 10.4 Å². The van der Waals surface area contributed by atoms with Crippen molar-refractivity contribution < 1.29 is 35.7 Å². The first-order valence-electron chi connectivity index (χ1n) is 12.4. The fourth-order valence-corrected chi connectivity index (χ4v) is 5.38. The highest BCUT2D eigenvalue weighted by molar-refractivity contribution is 7.71. The highest BCUT2D eigenvalue weighted by Crippen LogP contribution is 2.50. The molecule has 1 aromatic heterocycles. The maximum absolute atomic E-state index is 13.9. The molecule has 1 aliphatic rings. The highest BCUT2D eigenvalue weighted by Gasteiger charge is 2.51. The summed E-state index contributed by atoms with van der Waals surface area (Å²) in [7, 11) is -4.47. The van der Waals surface area contributed by atoms with Crippen LogP contribution >= 0.6 is 19.8 Å². The summed E-state index contributed by atoms with van der Waals surface area (Å²) in [5.41, 5.74) is -0.244. The van der Waals surface area contributed by atoms with E-state index in [4.69, 9.17) is 40.1 Å². The Morgan fingerprint density at radius 2 is 2.05 bits per heavy atom. The van der Waals surface area contributed by atoms with Gasteiger partial charge in [-0.05, 0) is 32.9 Å². The molecule has 1 aromatic carbocycles. The lowest BCUT2D eigenvalue weighted by Crippen LogP contribution is -2.34. The minimum atomic E-state index is -4.47. The number of para-hydroxylation sites is 1. The first kappa shape index (κ1) is 25.8. The largest absolute Gasteiger partial charge is 0.463 e. The van der Waals surface area contributed by atoms with E-state index in [0.717, 1.165) is 4.57 Å². The molecule has 1 saturated heterocycles. The zero-order valence-corrected chi connectivity index (χ0v) is 22.4. The Morgan fingerprint density at radius 3 is 2.68 bits per heavy atom. The lowest BCUT2D eigenvalue weighted by atomic mass is 10.1. The number of ether oxygens (including phenoxy) is 2. The van der Waals surface area contributed by atoms with Crippen molar-refractivity contribution in [2.45, 2.75) is 58.3 Å². The minimum absolute atomic E-state index is 0.0902. The first-order chi connectivity index (χ1) is 18.2. The molecule has 200 valence electrons. The van der Waals surface area contributed by atoms with Gasteiger partial charge < -0.3 is 23.9 Å². The molecule has 2 unspecified atom stereocenters. The van der Waals surface area contributed by atoms with E-state index < -0.39 is 68.5 Å². The van der Waals surface area contributed by atoms with Crippen LogP contribution in [0.15, 0.2) is 41.3 Å². The Labute approximate surface area is 222 Å². The maximum atomic E-state index is 13.9. The van der Waals surface area contributed by atoms with Gasteiger partial charge in [0.1, 0.15) is 16.5 Å². The van der Waals surface area contributed by atoms with Crippen molar-refractivity contribution in [2.24, 2.45) is 5.92 Å². The molecule has 0 amide bonds. The average molecular weight is 554 g/mol. The number of H-pyrrole nitrogens is 1. The molecular formula is C24H30N3O8PS. The van der Waals surface area contributed by atoms with E-state index in [1.165, 1.54) is 25.3 Å². The molecule has 6 atom stereocenters. The van der Waals surface area contributed by atoms with Gasteiger partial charge in [-0.3, -0.25) is 18.9 Å². The zero-order chi connectivity index (χ0) is 29.1. The van der Waals surface area contributed by atoms with Crippen LogP contribution in [0.5, 0.6) is 5.75 Å². The van der Waals surface area contributed by atoms with Crippen LogP contribution in [0.1, 0.15) is 35.3 Å². The summed E-state index contributed by atoms with van der Waals surface area (Å²) in [5.74, 6) is -1.61. The van der Waals surface area contributed by atoms with Crippen LogP contribution in [-0.2, 0) is 23.4 Å². The molecule has 0 bridgehead atoms. The Morgan fingerprint density at radius 1 is 1.38 bits per heavy atom. The van der Waals surface area contributed by atoms with Gasteiger partial charge in [0, 0.05) is 11.8 Å². The Bertz CT molecular complexity index is 1390. The molecule has 0 aliphatic carbocycles. The summed E-state index contributed by atoms with van der Waals surface area (Å²) >= 11 is 5.05. The number of carbonyl (C=O) groups is 1. The average Bonchev–Trinajstić information content (AvgIpc) is 3.17. The minimum Gasteiger partial charge on any atom is -0.463 e. The van der Waals surface area contributed by atoms with Crippen LogP contribution in [0.25, 0.3) is 4.85 Å². The number of aryl methyl sites for hydroxylation is 1. The van der Waals surface area contributed by atoms with Gasteiger partial charge in [0.25, 0.3) is 6.04 Å². The number of aliphatic hydroxyl groups excluding tert-OH is 1. The van der Waals surface area contributed by atoms with Gasteiger partial charge in [0.15, 0.2) is 6.10 Å². The van der Waals surface area contributed by atoms with E-state index in [9.17, 15) is 19.3 Å². The molecule has 0 radical (unpaired) electrons. The van der Waals surface area contributed by atoms with Gasteiger partial charge in [-0.1, -0.05) is 37.3 Å². The van der Waals surface area contributed by atoms with Gasteiger partial charge in [-0.2, -0.15) is 0 Å². The fourth-order valence-electron chi connectivity index (χ4n) is 3.53. The van der Waals surface area contributed by atoms with Gasteiger partial charge in [-0.25, -0.2) is 15.9 Å². The van der Waals surface area contributed by atoms with E-state index in [1.54, 1.807) is 39.0 Å². The monoisotopic (exact) mass is 553 g/mol. The molecule has 1 fully saturated rings. The van der Waals surface area contributed by atoms with Gasteiger partial charge >= 0.3 is 19.3 Å². The molecule has 2 aromatic rings. The molecule has 3 rings (SSSR count). The van der Waals surface area contributed by atoms with Crippen LogP contribution in [0, 0.1) is 24.1 Å². The van der Waals surface area contributed by atoms with E-state index >= 15 is 0 Å². The summed E-state index contributed by atoms with van der Waals surface area (Å²) in [6.07, 6.45) is -4.71. The fraction of sp³-hybridized carbons (Fsp3) is 0.500. The lowest BCUT2D eigenvalue weighted by Gasteiger charge is -2.24. The van der Waals surface area contributed by atoms with Crippen molar-refractivity contribution in [1.82, 2.24) is 9.55 Å². The second-order valence-electron chi connectivity index (χ2n) is 8.83. The van der Waals surface area contributed by atoms with Gasteiger partial charge in [-0.15, -0.1) is 0 Å². The number of hydrogen-bond donors (Lipinski definition) is 2. The first-order valence-corrected chi connectivity index (χ1v) is 13.6. The topological polar surface area (TPSA) is 133 Å². The summed E-state index contributed by atoms with van der Waals surface area (Å²) in [4.78, 5) is 30.7. The molecule has 0 spiro atoms.